The molecule has 0 amide bonds. The molecular formula is C14H17NO2S. The Labute approximate surface area is 108 Å². The lowest BCUT2D eigenvalue weighted by Gasteiger charge is -2.13. The first-order chi connectivity index (χ1) is 8.29. The summed E-state index contributed by atoms with van der Waals surface area (Å²) in [5.74, 6) is 0.0984. The summed E-state index contributed by atoms with van der Waals surface area (Å²) in [6, 6.07) is 9.16. The van der Waals surface area contributed by atoms with Gasteiger partial charge in [0.15, 0.2) is 9.84 Å². The Morgan fingerprint density at radius 3 is 2.11 bits per heavy atom. The molecular weight excluding hydrogens is 246 g/mol. The quantitative estimate of drug-likeness (QED) is 0.842. The summed E-state index contributed by atoms with van der Waals surface area (Å²) in [4.78, 5) is 0.334. The summed E-state index contributed by atoms with van der Waals surface area (Å²) < 4.78 is 23.4. The van der Waals surface area contributed by atoms with Crippen molar-refractivity contribution < 1.29 is 8.42 Å². The van der Waals surface area contributed by atoms with Crippen molar-refractivity contribution in [3.05, 3.63) is 29.8 Å². The number of sulfone groups is 1. The van der Waals surface area contributed by atoms with Gasteiger partial charge in [0, 0.05) is 0 Å². The fourth-order valence-electron chi connectivity index (χ4n) is 2.48. The maximum absolute atomic E-state index is 11.7. The Bertz CT molecular complexity index is 608. The van der Waals surface area contributed by atoms with Gasteiger partial charge in [-0.05, 0) is 29.5 Å². The molecule has 18 heavy (non-hydrogen) atoms. The minimum Gasteiger partial charge on any atom is -0.224 e. The third kappa shape index (κ3) is 1.74. The molecule has 1 saturated carbocycles. The van der Waals surface area contributed by atoms with Crippen molar-refractivity contribution >= 4 is 9.84 Å². The third-order valence-corrected chi connectivity index (χ3v) is 5.77. The van der Waals surface area contributed by atoms with Gasteiger partial charge < -0.3 is 0 Å². The first kappa shape index (κ1) is 13.1. The van der Waals surface area contributed by atoms with Gasteiger partial charge in [-0.1, -0.05) is 32.9 Å². The van der Waals surface area contributed by atoms with Gasteiger partial charge in [-0.15, -0.1) is 0 Å². The van der Waals surface area contributed by atoms with Crippen LogP contribution in [0, 0.1) is 16.7 Å². The molecule has 2 rings (SSSR count). The minimum absolute atomic E-state index is 0.0209. The van der Waals surface area contributed by atoms with Crippen molar-refractivity contribution in [2.24, 2.45) is 5.41 Å². The normalized spacial score (nSPS) is 25.4. The first-order valence-corrected chi connectivity index (χ1v) is 7.69. The molecule has 3 nitrogen and oxygen atoms in total. The molecule has 0 heterocycles. The van der Waals surface area contributed by atoms with E-state index in [0.29, 0.717) is 4.90 Å². The van der Waals surface area contributed by atoms with Crippen molar-refractivity contribution in [2.75, 3.05) is 5.75 Å². The summed E-state index contributed by atoms with van der Waals surface area (Å²) >= 11 is 0. The second kappa shape index (κ2) is 3.83. The van der Waals surface area contributed by atoms with Gasteiger partial charge >= 0.3 is 0 Å². The van der Waals surface area contributed by atoms with E-state index in [1.54, 1.807) is 31.2 Å². The maximum Gasteiger partial charge on any atom is 0.178 e. The number of nitriles is 1. The smallest absolute Gasteiger partial charge is 0.178 e. The Balaban J connectivity index is 2.39. The highest BCUT2D eigenvalue weighted by Crippen LogP contribution is 2.63. The molecule has 0 saturated heterocycles. The molecule has 1 unspecified atom stereocenters. The largest absolute Gasteiger partial charge is 0.224 e. The average Bonchev–Trinajstić information content (AvgIpc) is 2.93. The van der Waals surface area contributed by atoms with Gasteiger partial charge in [-0.25, -0.2) is 8.42 Å². The van der Waals surface area contributed by atoms with Crippen molar-refractivity contribution in [2.45, 2.75) is 37.5 Å². The monoisotopic (exact) mass is 263 g/mol. The number of benzene rings is 1. The number of rotatable bonds is 3. The Morgan fingerprint density at radius 2 is 1.78 bits per heavy atom. The number of hydrogen-bond acceptors (Lipinski definition) is 3. The molecule has 1 aromatic rings. The summed E-state index contributed by atoms with van der Waals surface area (Å²) in [5.41, 5.74) is 0.457. The molecule has 1 atom stereocenters. The van der Waals surface area contributed by atoms with Crippen LogP contribution >= 0.6 is 0 Å². The predicted octanol–water partition coefficient (Wildman–Crippen LogP) is 2.67. The Morgan fingerprint density at radius 1 is 1.28 bits per heavy atom. The molecule has 0 spiro atoms. The SMILES string of the molecule is CCS(=O)(=O)c1ccc(C2(C#N)CC2(C)C)cc1. The van der Waals surface area contributed by atoms with Crippen LogP contribution < -0.4 is 0 Å². The molecule has 4 heteroatoms. The van der Waals surface area contributed by atoms with E-state index in [1.807, 2.05) is 0 Å². The van der Waals surface area contributed by atoms with Crippen LogP contribution in [-0.4, -0.2) is 14.2 Å². The molecule has 0 bridgehead atoms. The van der Waals surface area contributed by atoms with E-state index in [4.69, 9.17) is 0 Å². The molecule has 0 aliphatic heterocycles. The van der Waals surface area contributed by atoms with E-state index in [9.17, 15) is 13.7 Å². The van der Waals surface area contributed by atoms with Gasteiger partial charge in [0.1, 0.15) is 0 Å². The van der Waals surface area contributed by atoms with Crippen molar-refractivity contribution in [1.29, 1.82) is 5.26 Å². The second-order valence-electron chi connectivity index (χ2n) is 5.51. The van der Waals surface area contributed by atoms with E-state index >= 15 is 0 Å². The third-order valence-electron chi connectivity index (χ3n) is 4.01. The summed E-state index contributed by atoms with van der Waals surface area (Å²) in [6.45, 7) is 5.75. The fraction of sp³-hybridized carbons (Fsp3) is 0.500. The van der Waals surface area contributed by atoms with Gasteiger partial charge in [-0.3, -0.25) is 0 Å². The summed E-state index contributed by atoms with van der Waals surface area (Å²) in [6.07, 6.45) is 0.830. The van der Waals surface area contributed by atoms with Crippen molar-refractivity contribution in [3.8, 4) is 6.07 Å². The summed E-state index contributed by atoms with van der Waals surface area (Å²) in [7, 11) is -3.16. The maximum atomic E-state index is 11.7. The fourth-order valence-corrected chi connectivity index (χ4v) is 3.36. The lowest BCUT2D eigenvalue weighted by Crippen LogP contribution is -2.12. The van der Waals surface area contributed by atoms with Crippen LogP contribution in [0.3, 0.4) is 0 Å². The van der Waals surface area contributed by atoms with Crippen LogP contribution in [0.15, 0.2) is 29.2 Å². The standard InChI is InChI=1S/C14H17NO2S/c1-4-18(16,17)12-7-5-11(6-8-12)14(10-15)9-13(14,2)3/h5-8H,4,9H2,1-3H3. The molecule has 96 valence electrons. The van der Waals surface area contributed by atoms with E-state index in [1.165, 1.54) is 0 Å². The molecule has 1 aliphatic carbocycles. The topological polar surface area (TPSA) is 57.9 Å². The molecule has 0 N–H and O–H groups in total. The van der Waals surface area contributed by atoms with E-state index < -0.39 is 15.3 Å². The van der Waals surface area contributed by atoms with Gasteiger partial charge in [0.05, 0.1) is 22.1 Å². The van der Waals surface area contributed by atoms with Crippen LogP contribution in [-0.2, 0) is 15.3 Å². The Hall–Kier alpha value is -1.34. The molecule has 0 radical (unpaired) electrons. The zero-order valence-electron chi connectivity index (χ0n) is 10.9. The Kier molecular flexibility index (Phi) is 2.78. The van der Waals surface area contributed by atoms with Crippen LogP contribution in [0.1, 0.15) is 32.8 Å². The zero-order chi connectivity index (χ0) is 13.6. The van der Waals surface area contributed by atoms with Gasteiger partial charge in [-0.2, -0.15) is 5.26 Å². The summed E-state index contributed by atoms with van der Waals surface area (Å²) in [5, 5.41) is 9.35. The van der Waals surface area contributed by atoms with Crippen LogP contribution in [0.4, 0.5) is 0 Å². The first-order valence-electron chi connectivity index (χ1n) is 6.04. The lowest BCUT2D eigenvalue weighted by atomic mass is 9.89. The highest BCUT2D eigenvalue weighted by molar-refractivity contribution is 7.91. The second-order valence-corrected chi connectivity index (χ2v) is 7.78. The van der Waals surface area contributed by atoms with Crippen molar-refractivity contribution in [1.82, 2.24) is 0 Å². The van der Waals surface area contributed by atoms with E-state index in [0.717, 1.165) is 12.0 Å². The van der Waals surface area contributed by atoms with E-state index in [-0.39, 0.29) is 11.2 Å². The van der Waals surface area contributed by atoms with Crippen molar-refractivity contribution in [3.63, 3.8) is 0 Å². The number of nitrogens with zero attached hydrogens (tertiary/aromatic N) is 1. The average molecular weight is 263 g/mol. The zero-order valence-corrected chi connectivity index (χ0v) is 11.7. The van der Waals surface area contributed by atoms with Crippen LogP contribution in [0.2, 0.25) is 0 Å². The highest BCUT2D eigenvalue weighted by Gasteiger charge is 2.62. The number of hydrogen-bond donors (Lipinski definition) is 0. The minimum atomic E-state index is -3.16. The molecule has 0 aromatic heterocycles. The molecule has 1 aliphatic rings. The van der Waals surface area contributed by atoms with Crippen LogP contribution in [0.25, 0.3) is 0 Å². The lowest BCUT2D eigenvalue weighted by molar-refractivity contribution is 0.569. The van der Waals surface area contributed by atoms with Gasteiger partial charge in [0.25, 0.3) is 0 Å². The van der Waals surface area contributed by atoms with Gasteiger partial charge in [0.2, 0.25) is 0 Å². The molecule has 1 aromatic carbocycles. The van der Waals surface area contributed by atoms with E-state index in [2.05, 4.69) is 19.9 Å². The highest BCUT2D eigenvalue weighted by atomic mass is 32.2. The molecule has 1 fully saturated rings. The van der Waals surface area contributed by atoms with Crippen LogP contribution in [0.5, 0.6) is 0 Å². The predicted molar refractivity (Wildman–Crippen MR) is 69.9 cm³/mol.